The van der Waals surface area contributed by atoms with Gasteiger partial charge in [0.2, 0.25) is 0 Å². The zero-order valence-corrected chi connectivity index (χ0v) is 16.5. The Balaban J connectivity index is 1.69. The normalized spacial score (nSPS) is 11.8. The first-order valence-electron chi connectivity index (χ1n) is 7.99. The van der Waals surface area contributed by atoms with E-state index in [1.54, 1.807) is 30.8 Å². The molecule has 134 valence electrons. The van der Waals surface area contributed by atoms with Crippen molar-refractivity contribution in [1.29, 1.82) is 0 Å². The highest BCUT2D eigenvalue weighted by atomic mass is 35.5. The number of ether oxygens (including phenoxy) is 1. The third-order valence-electron chi connectivity index (χ3n) is 3.57. The van der Waals surface area contributed by atoms with Crippen LogP contribution in [0.15, 0.2) is 42.5 Å². The Morgan fingerprint density at radius 3 is 2.68 bits per heavy atom. The number of rotatable bonds is 8. The van der Waals surface area contributed by atoms with Gasteiger partial charge in [-0.15, -0.1) is 0 Å². The summed E-state index contributed by atoms with van der Waals surface area (Å²) in [6.45, 7) is 4.22. The van der Waals surface area contributed by atoms with Crippen LogP contribution >= 0.6 is 35.0 Å². The second-order valence-electron chi connectivity index (χ2n) is 5.61. The molecule has 6 heteroatoms. The summed E-state index contributed by atoms with van der Waals surface area (Å²) in [5, 5.41) is 4.34. The van der Waals surface area contributed by atoms with Gasteiger partial charge in [-0.1, -0.05) is 41.4 Å². The monoisotopic (exact) mass is 397 g/mol. The summed E-state index contributed by atoms with van der Waals surface area (Å²) in [7, 11) is 0. The summed E-state index contributed by atoms with van der Waals surface area (Å²) in [4.78, 5) is 12.1. The average molecular weight is 398 g/mol. The lowest BCUT2D eigenvalue weighted by molar-refractivity contribution is -0.127. The molecule has 0 aliphatic heterocycles. The van der Waals surface area contributed by atoms with Crippen molar-refractivity contribution in [3.63, 3.8) is 0 Å². The summed E-state index contributed by atoms with van der Waals surface area (Å²) < 4.78 is 5.66. The SMILES string of the molecule is Cc1cc(O[C@@H](C)C(=O)NCCSCc2ccccc2Cl)ccc1Cl. The second kappa shape index (κ2) is 9.95. The molecule has 0 spiro atoms. The van der Waals surface area contributed by atoms with E-state index in [1.807, 2.05) is 37.3 Å². The molecule has 0 aliphatic rings. The summed E-state index contributed by atoms with van der Waals surface area (Å²) in [6.07, 6.45) is -0.561. The lowest BCUT2D eigenvalue weighted by atomic mass is 10.2. The van der Waals surface area contributed by atoms with Crippen LogP contribution in [0.2, 0.25) is 10.0 Å². The Bertz CT molecular complexity index is 724. The van der Waals surface area contributed by atoms with Gasteiger partial charge >= 0.3 is 0 Å². The van der Waals surface area contributed by atoms with Crippen LogP contribution in [-0.2, 0) is 10.5 Å². The van der Waals surface area contributed by atoms with Crippen LogP contribution < -0.4 is 10.1 Å². The van der Waals surface area contributed by atoms with E-state index >= 15 is 0 Å². The molecule has 1 amide bonds. The molecule has 0 aromatic heterocycles. The molecule has 0 fully saturated rings. The molecule has 2 rings (SSSR count). The maximum atomic E-state index is 12.1. The molecule has 3 nitrogen and oxygen atoms in total. The minimum Gasteiger partial charge on any atom is -0.481 e. The highest BCUT2D eigenvalue weighted by Crippen LogP contribution is 2.22. The van der Waals surface area contributed by atoms with Gasteiger partial charge in [-0.2, -0.15) is 11.8 Å². The van der Waals surface area contributed by atoms with E-state index < -0.39 is 6.10 Å². The zero-order chi connectivity index (χ0) is 18.2. The van der Waals surface area contributed by atoms with Crippen molar-refractivity contribution in [2.24, 2.45) is 0 Å². The van der Waals surface area contributed by atoms with E-state index in [2.05, 4.69) is 5.32 Å². The molecule has 0 radical (unpaired) electrons. The molecule has 1 N–H and O–H groups in total. The standard InChI is InChI=1S/C19H21Cl2NO2S/c1-13-11-16(7-8-17(13)20)24-14(2)19(23)22-9-10-25-12-15-5-3-4-6-18(15)21/h3-8,11,14H,9-10,12H2,1-2H3,(H,22,23)/t14-/m0/s1. The van der Waals surface area contributed by atoms with Crippen molar-refractivity contribution in [3.05, 3.63) is 63.6 Å². The van der Waals surface area contributed by atoms with E-state index in [4.69, 9.17) is 27.9 Å². The van der Waals surface area contributed by atoms with Crippen LogP contribution in [0, 0.1) is 6.92 Å². The number of carbonyl (C=O) groups excluding carboxylic acids is 1. The Kier molecular flexibility index (Phi) is 7.94. The van der Waals surface area contributed by atoms with Crippen molar-refractivity contribution < 1.29 is 9.53 Å². The molecule has 0 bridgehead atoms. The maximum Gasteiger partial charge on any atom is 0.260 e. The summed E-state index contributed by atoms with van der Waals surface area (Å²) >= 11 is 13.8. The predicted octanol–water partition coefficient (Wildman–Crippen LogP) is 5.12. The maximum absolute atomic E-state index is 12.1. The molecule has 1 atom stereocenters. The Morgan fingerprint density at radius 1 is 1.20 bits per heavy atom. The molecule has 0 saturated carbocycles. The molecule has 0 heterocycles. The summed E-state index contributed by atoms with van der Waals surface area (Å²) in [5.41, 5.74) is 2.03. The molecular formula is C19H21Cl2NO2S. The molecule has 0 aliphatic carbocycles. The third kappa shape index (κ3) is 6.46. The van der Waals surface area contributed by atoms with Crippen molar-refractivity contribution in [2.75, 3.05) is 12.3 Å². The first-order chi connectivity index (χ1) is 12.0. The number of halogens is 2. The van der Waals surface area contributed by atoms with E-state index in [0.29, 0.717) is 17.3 Å². The fraction of sp³-hybridized carbons (Fsp3) is 0.316. The molecular weight excluding hydrogens is 377 g/mol. The van der Waals surface area contributed by atoms with Gasteiger partial charge in [0, 0.05) is 28.1 Å². The lowest BCUT2D eigenvalue weighted by Gasteiger charge is -2.15. The number of nitrogens with one attached hydrogen (secondary N) is 1. The van der Waals surface area contributed by atoms with Crippen molar-refractivity contribution in [3.8, 4) is 5.75 Å². The van der Waals surface area contributed by atoms with Crippen LogP contribution in [-0.4, -0.2) is 24.3 Å². The van der Waals surface area contributed by atoms with Gasteiger partial charge < -0.3 is 10.1 Å². The van der Waals surface area contributed by atoms with Crippen molar-refractivity contribution >= 4 is 40.9 Å². The molecule has 2 aromatic carbocycles. The second-order valence-corrected chi connectivity index (χ2v) is 7.53. The number of benzene rings is 2. The van der Waals surface area contributed by atoms with Crippen molar-refractivity contribution in [1.82, 2.24) is 5.32 Å². The number of hydrogen-bond acceptors (Lipinski definition) is 3. The molecule has 25 heavy (non-hydrogen) atoms. The van der Waals surface area contributed by atoms with E-state index in [-0.39, 0.29) is 5.91 Å². The van der Waals surface area contributed by atoms with E-state index in [9.17, 15) is 4.79 Å². The highest BCUT2D eigenvalue weighted by Gasteiger charge is 2.14. The molecule has 2 aromatic rings. The minimum atomic E-state index is -0.561. The van der Waals surface area contributed by atoms with Gasteiger partial charge in [0.1, 0.15) is 5.75 Å². The molecule has 0 saturated heterocycles. The number of aryl methyl sites for hydroxylation is 1. The van der Waals surface area contributed by atoms with Gasteiger partial charge in [-0.05, 0) is 49.2 Å². The predicted molar refractivity (Wildman–Crippen MR) is 107 cm³/mol. The largest absolute Gasteiger partial charge is 0.481 e. The van der Waals surface area contributed by atoms with Gasteiger partial charge in [-0.25, -0.2) is 0 Å². The highest BCUT2D eigenvalue weighted by molar-refractivity contribution is 7.98. The van der Waals surface area contributed by atoms with Crippen LogP contribution in [0.4, 0.5) is 0 Å². The van der Waals surface area contributed by atoms with Crippen molar-refractivity contribution in [2.45, 2.75) is 25.7 Å². The van der Waals surface area contributed by atoms with E-state index in [0.717, 1.165) is 27.7 Å². The van der Waals surface area contributed by atoms with Crippen LogP contribution in [0.5, 0.6) is 5.75 Å². The number of amides is 1. The Labute approximate surface area is 163 Å². The Hall–Kier alpha value is -1.36. The first kappa shape index (κ1) is 20.0. The number of thioether (sulfide) groups is 1. The van der Waals surface area contributed by atoms with Gasteiger partial charge in [0.15, 0.2) is 6.10 Å². The minimum absolute atomic E-state index is 0.133. The summed E-state index contributed by atoms with van der Waals surface area (Å²) in [5.74, 6) is 2.14. The third-order valence-corrected chi connectivity index (χ3v) is 5.37. The zero-order valence-electron chi connectivity index (χ0n) is 14.2. The lowest BCUT2D eigenvalue weighted by Crippen LogP contribution is -2.37. The fourth-order valence-electron chi connectivity index (χ4n) is 2.14. The average Bonchev–Trinajstić information content (AvgIpc) is 2.59. The quantitative estimate of drug-likeness (QED) is 0.628. The molecule has 0 unspecified atom stereocenters. The van der Waals surface area contributed by atoms with Gasteiger partial charge in [-0.3, -0.25) is 4.79 Å². The van der Waals surface area contributed by atoms with Crippen LogP contribution in [0.1, 0.15) is 18.1 Å². The van der Waals surface area contributed by atoms with E-state index in [1.165, 1.54) is 0 Å². The fourth-order valence-corrected chi connectivity index (χ4v) is 3.40. The number of hydrogen-bond donors (Lipinski definition) is 1. The smallest absolute Gasteiger partial charge is 0.260 e. The first-order valence-corrected chi connectivity index (χ1v) is 9.90. The Morgan fingerprint density at radius 2 is 1.96 bits per heavy atom. The van der Waals surface area contributed by atoms with Gasteiger partial charge in [0.25, 0.3) is 5.91 Å². The number of carbonyl (C=O) groups is 1. The van der Waals surface area contributed by atoms with Crippen LogP contribution in [0.25, 0.3) is 0 Å². The van der Waals surface area contributed by atoms with Crippen LogP contribution in [0.3, 0.4) is 0 Å². The summed E-state index contributed by atoms with van der Waals surface area (Å²) in [6, 6.07) is 13.1. The van der Waals surface area contributed by atoms with Gasteiger partial charge in [0.05, 0.1) is 0 Å². The topological polar surface area (TPSA) is 38.3 Å².